The Labute approximate surface area is 322 Å². The molecule has 3 N–H and O–H groups in total. The van der Waals surface area contributed by atoms with E-state index in [1.807, 2.05) is 61.5 Å². The predicted octanol–water partition coefficient (Wildman–Crippen LogP) is 7.76. The predicted molar refractivity (Wildman–Crippen MR) is 216 cm³/mol. The number of carboxylic acid groups (broad SMARTS) is 1. The Kier molecular flexibility index (Phi) is 12.3. The Hall–Kier alpha value is -4.14. The van der Waals surface area contributed by atoms with E-state index in [2.05, 4.69) is 45.1 Å². The van der Waals surface area contributed by atoms with Crippen LogP contribution in [0, 0.1) is 6.92 Å². The van der Waals surface area contributed by atoms with Crippen molar-refractivity contribution in [3.63, 3.8) is 0 Å². The highest BCUT2D eigenvalue weighted by Gasteiger charge is 2.29. The van der Waals surface area contributed by atoms with Gasteiger partial charge in [0.2, 0.25) is 11.4 Å². The number of unbranched alkanes of at least 4 members (excludes halogenated alkanes) is 1. The van der Waals surface area contributed by atoms with Gasteiger partial charge in [-0.05, 0) is 74.5 Å². The number of nitrogens with zero attached hydrogens (tertiary/aromatic N) is 3. The number of aliphatic carboxylic acids is 1. The van der Waals surface area contributed by atoms with Crippen LogP contribution in [0.3, 0.4) is 0 Å². The van der Waals surface area contributed by atoms with Gasteiger partial charge in [0.25, 0.3) is 15.1 Å². The molecule has 1 amide bonds. The Morgan fingerprint density at radius 1 is 1.04 bits per heavy atom. The summed E-state index contributed by atoms with van der Waals surface area (Å²) in [6, 6.07) is 25.0. The van der Waals surface area contributed by atoms with E-state index in [-0.39, 0.29) is 31.0 Å². The molecule has 10 nitrogen and oxygen atoms in total. The van der Waals surface area contributed by atoms with Gasteiger partial charge in [-0.25, -0.2) is 4.79 Å². The van der Waals surface area contributed by atoms with Crippen molar-refractivity contribution in [1.29, 1.82) is 0 Å². The Balaban J connectivity index is 1.15. The number of thioether (sulfide) groups is 1. The number of hydrogen-bond donors (Lipinski definition) is 3. The smallest absolute Gasteiger partial charge is 0.326 e. The zero-order valence-electron chi connectivity index (χ0n) is 29.5. The molecular weight excluding hydrogens is 752 g/mol. The fourth-order valence-electron chi connectivity index (χ4n) is 6.48. The van der Waals surface area contributed by atoms with Crippen LogP contribution in [-0.4, -0.2) is 61.4 Å². The van der Waals surface area contributed by atoms with Crippen molar-refractivity contribution in [2.75, 3.05) is 35.2 Å². The van der Waals surface area contributed by atoms with Gasteiger partial charge in [-0.1, -0.05) is 76.7 Å². The third-order valence-corrected chi connectivity index (χ3v) is 12.5. The number of carbonyl (C=O) groups excluding carboxylic acids is 1. The maximum atomic E-state index is 12.8. The summed E-state index contributed by atoms with van der Waals surface area (Å²) in [7, 11) is -4.10. The summed E-state index contributed by atoms with van der Waals surface area (Å²) in [5.41, 5.74) is 3.87. The zero-order valence-corrected chi connectivity index (χ0v) is 32.7. The molecule has 0 radical (unpaired) electrons. The van der Waals surface area contributed by atoms with Crippen molar-refractivity contribution < 1.29 is 32.2 Å². The molecule has 0 fully saturated rings. The van der Waals surface area contributed by atoms with E-state index >= 15 is 0 Å². The molecule has 0 spiro atoms. The lowest BCUT2D eigenvalue weighted by Gasteiger charge is -2.28. The minimum absolute atomic E-state index is 0.134. The van der Waals surface area contributed by atoms with Gasteiger partial charge in [0, 0.05) is 48.1 Å². The Morgan fingerprint density at radius 3 is 2.57 bits per heavy atom. The van der Waals surface area contributed by atoms with Crippen LogP contribution in [0.5, 0.6) is 0 Å². The van der Waals surface area contributed by atoms with Gasteiger partial charge in [-0.3, -0.25) is 9.35 Å². The number of carboxylic acids is 1. The van der Waals surface area contributed by atoms with Crippen molar-refractivity contribution in [3.8, 4) is 0 Å². The summed E-state index contributed by atoms with van der Waals surface area (Å²) in [6.45, 7) is 5.44. The van der Waals surface area contributed by atoms with Gasteiger partial charge < -0.3 is 20.2 Å². The summed E-state index contributed by atoms with van der Waals surface area (Å²) in [5, 5.41) is 17.4. The van der Waals surface area contributed by atoms with Crippen molar-refractivity contribution in [2.24, 2.45) is 0 Å². The molecule has 1 aliphatic heterocycles. The van der Waals surface area contributed by atoms with E-state index in [0.717, 1.165) is 65.7 Å². The molecule has 278 valence electrons. The molecule has 1 atom stereocenters. The van der Waals surface area contributed by atoms with Gasteiger partial charge in [0.15, 0.2) is 6.54 Å². The second-order valence-corrected chi connectivity index (χ2v) is 17.2. The highest BCUT2D eigenvalue weighted by Crippen LogP contribution is 2.48. The molecule has 5 aromatic rings. The molecule has 1 unspecified atom stereocenters. The lowest BCUT2D eigenvalue weighted by atomic mass is 10.1. The van der Waals surface area contributed by atoms with Crippen LogP contribution in [0.25, 0.3) is 27.1 Å². The highest BCUT2D eigenvalue weighted by molar-refractivity contribution is 8.03. The van der Waals surface area contributed by atoms with Crippen LogP contribution in [-0.2, 0) is 26.3 Å². The number of anilines is 2. The van der Waals surface area contributed by atoms with Gasteiger partial charge >= 0.3 is 5.97 Å². The van der Waals surface area contributed by atoms with Gasteiger partial charge in [-0.2, -0.15) is 13.0 Å². The van der Waals surface area contributed by atoms with Crippen molar-refractivity contribution in [2.45, 2.75) is 57.0 Å². The van der Waals surface area contributed by atoms with Crippen LogP contribution in [0.4, 0.5) is 11.4 Å². The van der Waals surface area contributed by atoms with Crippen LogP contribution < -0.4 is 19.7 Å². The molecule has 1 aliphatic rings. The van der Waals surface area contributed by atoms with E-state index in [4.69, 9.17) is 11.6 Å². The third kappa shape index (κ3) is 9.51. The average molecular weight is 794 g/mol. The number of rotatable bonds is 16. The van der Waals surface area contributed by atoms with Gasteiger partial charge in [0.05, 0.1) is 27.9 Å². The minimum atomic E-state index is -4.10. The fourth-order valence-corrected chi connectivity index (χ4v) is 9.46. The SMILES string of the molecule is Cc1ccc(N(CCC(=O)NCCCCN2C(=Cc3sc4ccc5ccccc5c4[n+]3CCCS(=O)(=O)O)Sc3ccc(Cl)cc32)C(C)C(=O)O)cc1. The molecule has 6 rings (SSSR count). The number of aromatic nitrogens is 1. The number of carbonyl (C=O) groups is 2. The quantitative estimate of drug-likeness (QED) is 0.0522. The number of benzene rings is 4. The number of hydrogen-bond acceptors (Lipinski definition) is 8. The lowest BCUT2D eigenvalue weighted by Crippen LogP contribution is -2.41. The lowest BCUT2D eigenvalue weighted by molar-refractivity contribution is -0.667. The van der Waals surface area contributed by atoms with Crippen molar-refractivity contribution in [1.82, 2.24) is 5.32 Å². The summed E-state index contributed by atoms with van der Waals surface area (Å²) in [6.07, 6.45) is 4.08. The number of nitrogens with one attached hydrogen (secondary N) is 1. The van der Waals surface area contributed by atoms with E-state index in [9.17, 15) is 27.7 Å². The first kappa shape index (κ1) is 38.6. The molecule has 4 aromatic carbocycles. The van der Waals surface area contributed by atoms with Crippen molar-refractivity contribution in [3.05, 3.63) is 99.5 Å². The maximum absolute atomic E-state index is 12.8. The second kappa shape index (κ2) is 16.9. The molecule has 0 saturated heterocycles. The molecule has 0 bridgehead atoms. The molecule has 2 heterocycles. The first-order chi connectivity index (χ1) is 25.4. The number of aryl methyl sites for hydroxylation is 2. The fraction of sp³-hybridized carbons (Fsp3) is 0.308. The second-order valence-electron chi connectivity index (χ2n) is 13.1. The van der Waals surface area contributed by atoms with Crippen LogP contribution in [0.1, 0.15) is 43.2 Å². The molecule has 0 aliphatic carbocycles. The number of fused-ring (bicyclic) bond motifs is 4. The standard InChI is InChI=1S/C39H41ClN4O6S3/c1-26-10-14-30(15-11-26)42(27(2)39(46)47)22-18-35(45)41-19-5-6-20-43-32-24-29(40)13-17-33(32)51-36(43)25-37-44(21-7-23-53(48,49)50)38-31-9-4-3-8-28(31)12-16-34(38)52-37/h3-4,8-17,24-25,27H,5-7,18-23H2,1-2H3,(H2-,41,45,46,47,48,49,50)/p+1. The summed E-state index contributed by atoms with van der Waals surface area (Å²) >= 11 is 9.75. The zero-order chi connectivity index (χ0) is 37.7. The first-order valence-corrected chi connectivity index (χ1v) is 21.1. The van der Waals surface area contributed by atoms with Gasteiger partial charge in [-0.15, -0.1) is 0 Å². The van der Waals surface area contributed by atoms with Gasteiger partial charge in [0.1, 0.15) is 10.7 Å². The van der Waals surface area contributed by atoms with Crippen LogP contribution in [0.15, 0.2) is 88.8 Å². The van der Waals surface area contributed by atoms with E-state index in [1.54, 1.807) is 34.9 Å². The van der Waals surface area contributed by atoms with E-state index < -0.39 is 22.1 Å². The molecule has 14 heteroatoms. The Bertz CT molecular complexity index is 2280. The normalized spacial score (nSPS) is 14.2. The summed E-state index contributed by atoms with van der Waals surface area (Å²) in [4.78, 5) is 29.7. The Morgan fingerprint density at radius 2 is 1.81 bits per heavy atom. The van der Waals surface area contributed by atoms with E-state index in [0.29, 0.717) is 24.7 Å². The largest absolute Gasteiger partial charge is 0.480 e. The minimum Gasteiger partial charge on any atom is -0.480 e. The summed E-state index contributed by atoms with van der Waals surface area (Å²) < 4.78 is 35.9. The highest BCUT2D eigenvalue weighted by atomic mass is 35.5. The molecule has 1 aromatic heterocycles. The first-order valence-electron chi connectivity index (χ1n) is 17.5. The maximum Gasteiger partial charge on any atom is 0.326 e. The molecular formula is C39H42ClN4O6S3+. The van der Waals surface area contributed by atoms with Crippen molar-refractivity contribution >= 4 is 95.1 Å². The number of thiazole rings is 1. The number of halogens is 1. The van der Waals surface area contributed by atoms with E-state index in [1.165, 1.54) is 0 Å². The van der Waals surface area contributed by atoms with Crippen LogP contribution in [0.2, 0.25) is 5.02 Å². The topological polar surface area (TPSA) is 131 Å². The molecule has 0 saturated carbocycles. The third-order valence-electron chi connectivity index (χ3n) is 9.24. The average Bonchev–Trinajstić information content (AvgIpc) is 3.64. The molecule has 53 heavy (non-hydrogen) atoms. The monoisotopic (exact) mass is 793 g/mol. The number of amides is 1. The summed E-state index contributed by atoms with van der Waals surface area (Å²) in [5.74, 6) is -1.41. The van der Waals surface area contributed by atoms with Crippen LogP contribution >= 0.6 is 34.7 Å².